The number of hydrogen-bond donors (Lipinski definition) is 2. The summed E-state index contributed by atoms with van der Waals surface area (Å²) < 4.78 is 0. The lowest BCUT2D eigenvalue weighted by Gasteiger charge is -2.02. The summed E-state index contributed by atoms with van der Waals surface area (Å²) in [6.07, 6.45) is 6.64. The van der Waals surface area contributed by atoms with Gasteiger partial charge in [-0.05, 0) is 24.6 Å². The molecule has 0 radical (unpaired) electrons. The Morgan fingerprint density at radius 1 is 1.53 bits per heavy atom. The van der Waals surface area contributed by atoms with Crippen molar-refractivity contribution in [2.24, 2.45) is 4.99 Å². The van der Waals surface area contributed by atoms with Gasteiger partial charge >= 0.3 is 0 Å². The van der Waals surface area contributed by atoms with E-state index in [4.69, 9.17) is 5.26 Å². The molecule has 2 aromatic rings. The molecule has 5 nitrogen and oxygen atoms in total. The van der Waals surface area contributed by atoms with Crippen molar-refractivity contribution in [2.45, 2.75) is 6.92 Å². The van der Waals surface area contributed by atoms with Crippen LogP contribution < -0.4 is 5.32 Å². The lowest BCUT2D eigenvalue weighted by atomic mass is 10.1. The second-order valence-corrected chi connectivity index (χ2v) is 3.47. The first-order valence-corrected chi connectivity index (χ1v) is 5.08. The number of aliphatic imine (C=N–C) groups is 1. The molecule has 1 aromatic carbocycles. The molecule has 17 heavy (non-hydrogen) atoms. The van der Waals surface area contributed by atoms with Gasteiger partial charge in [-0.15, -0.1) is 0 Å². The third kappa shape index (κ3) is 2.49. The predicted molar refractivity (Wildman–Crippen MR) is 65.7 cm³/mol. The van der Waals surface area contributed by atoms with Crippen LogP contribution in [0.5, 0.6) is 0 Å². The predicted octanol–water partition coefficient (Wildman–Crippen LogP) is 2.12. The zero-order valence-electron chi connectivity index (χ0n) is 9.31. The van der Waals surface area contributed by atoms with E-state index >= 15 is 0 Å². The van der Waals surface area contributed by atoms with Crippen LogP contribution in [-0.2, 0) is 0 Å². The smallest absolute Gasteiger partial charge is 0.182 e. The number of hydrogen-bond acceptors (Lipinski definition) is 3. The van der Waals surface area contributed by atoms with Crippen molar-refractivity contribution in [1.29, 1.82) is 5.26 Å². The molecule has 5 heteroatoms. The average Bonchev–Trinajstić information content (AvgIpc) is 2.85. The van der Waals surface area contributed by atoms with E-state index in [2.05, 4.69) is 20.3 Å². The van der Waals surface area contributed by atoms with Crippen LogP contribution >= 0.6 is 0 Å². The summed E-state index contributed by atoms with van der Waals surface area (Å²) in [5.41, 5.74) is 3.79. The molecule has 0 bridgehead atoms. The lowest BCUT2D eigenvalue weighted by molar-refractivity contribution is 1.28. The molecule has 0 spiro atoms. The summed E-state index contributed by atoms with van der Waals surface area (Å²) in [6, 6.07) is 5.85. The number of nitriles is 1. The number of benzene rings is 1. The van der Waals surface area contributed by atoms with Gasteiger partial charge < -0.3 is 4.98 Å². The Labute approximate surface area is 98.8 Å². The Morgan fingerprint density at radius 2 is 2.41 bits per heavy atom. The van der Waals surface area contributed by atoms with Crippen LogP contribution in [0.3, 0.4) is 0 Å². The van der Waals surface area contributed by atoms with E-state index in [-0.39, 0.29) is 0 Å². The molecule has 1 aromatic heterocycles. The number of nitrogens with one attached hydrogen (secondary N) is 2. The fourth-order valence-corrected chi connectivity index (χ4v) is 1.51. The first-order chi connectivity index (χ1) is 8.31. The number of aromatic amines is 1. The SMILES string of the molecule is Cc1cc(-c2c[nH]cn2)ccc1N=CNC#N. The van der Waals surface area contributed by atoms with Crippen molar-refractivity contribution in [1.82, 2.24) is 15.3 Å². The summed E-state index contributed by atoms with van der Waals surface area (Å²) >= 11 is 0. The lowest BCUT2D eigenvalue weighted by Crippen LogP contribution is -1.99. The molecule has 0 atom stereocenters. The first kappa shape index (κ1) is 10.9. The molecule has 0 aliphatic rings. The molecule has 0 unspecified atom stereocenters. The van der Waals surface area contributed by atoms with Crippen molar-refractivity contribution in [3.63, 3.8) is 0 Å². The number of H-pyrrole nitrogens is 1. The van der Waals surface area contributed by atoms with Crippen LogP contribution in [0.2, 0.25) is 0 Å². The molecule has 84 valence electrons. The van der Waals surface area contributed by atoms with Gasteiger partial charge in [0, 0.05) is 11.8 Å². The van der Waals surface area contributed by atoms with E-state index < -0.39 is 0 Å². The van der Waals surface area contributed by atoms with Crippen LogP contribution in [0.15, 0.2) is 35.7 Å². The topological polar surface area (TPSA) is 76.9 Å². The van der Waals surface area contributed by atoms with E-state index in [1.54, 1.807) is 12.5 Å². The number of aromatic nitrogens is 2. The van der Waals surface area contributed by atoms with Crippen LogP contribution in [0.25, 0.3) is 11.3 Å². The van der Waals surface area contributed by atoms with Gasteiger partial charge in [-0.3, -0.25) is 5.32 Å². The minimum absolute atomic E-state index is 0.826. The first-order valence-electron chi connectivity index (χ1n) is 5.08. The number of imidazole rings is 1. The second kappa shape index (κ2) is 4.94. The maximum atomic E-state index is 8.32. The van der Waals surface area contributed by atoms with E-state index in [1.807, 2.05) is 31.3 Å². The van der Waals surface area contributed by atoms with Gasteiger partial charge in [-0.1, -0.05) is 6.07 Å². The van der Waals surface area contributed by atoms with Gasteiger partial charge in [-0.25, -0.2) is 9.98 Å². The van der Waals surface area contributed by atoms with E-state index in [0.717, 1.165) is 22.5 Å². The Hall–Kier alpha value is -2.61. The van der Waals surface area contributed by atoms with E-state index in [9.17, 15) is 0 Å². The van der Waals surface area contributed by atoms with Crippen molar-refractivity contribution in [3.05, 3.63) is 36.3 Å². The third-order valence-corrected chi connectivity index (χ3v) is 2.32. The van der Waals surface area contributed by atoms with Crippen LogP contribution in [0.1, 0.15) is 5.56 Å². The highest BCUT2D eigenvalue weighted by atomic mass is 14.9. The summed E-state index contributed by atoms with van der Waals surface area (Å²) in [5.74, 6) is 0. The van der Waals surface area contributed by atoms with E-state index in [0.29, 0.717) is 0 Å². The van der Waals surface area contributed by atoms with E-state index in [1.165, 1.54) is 6.34 Å². The summed E-state index contributed by atoms with van der Waals surface area (Å²) in [4.78, 5) is 11.2. The minimum Gasteiger partial charge on any atom is -0.351 e. The zero-order valence-corrected chi connectivity index (χ0v) is 9.31. The minimum atomic E-state index is 0.826. The fourth-order valence-electron chi connectivity index (χ4n) is 1.51. The average molecular weight is 225 g/mol. The van der Waals surface area contributed by atoms with Gasteiger partial charge in [0.15, 0.2) is 6.19 Å². The van der Waals surface area contributed by atoms with Gasteiger partial charge in [0.1, 0.15) is 6.34 Å². The molecule has 1 heterocycles. The Kier molecular flexibility index (Phi) is 3.17. The highest BCUT2D eigenvalue weighted by Crippen LogP contribution is 2.24. The molecule has 0 aliphatic heterocycles. The summed E-state index contributed by atoms with van der Waals surface area (Å²) in [5, 5.41) is 10.7. The maximum Gasteiger partial charge on any atom is 0.182 e. The van der Waals surface area contributed by atoms with Crippen molar-refractivity contribution in [3.8, 4) is 17.5 Å². The highest BCUT2D eigenvalue weighted by molar-refractivity contribution is 5.68. The summed E-state index contributed by atoms with van der Waals surface area (Å²) in [6.45, 7) is 1.97. The van der Waals surface area contributed by atoms with Crippen LogP contribution in [0, 0.1) is 18.4 Å². The Morgan fingerprint density at radius 3 is 3.06 bits per heavy atom. The standard InChI is InChI=1S/C12H11N5/c1-9-4-10(12-5-14-7-17-12)2-3-11(9)16-8-15-6-13/h2-5,7-8H,1H3,(H,14,17)(H,15,16). The quantitative estimate of drug-likeness (QED) is 0.363. The molecular formula is C12H11N5. The van der Waals surface area contributed by atoms with Gasteiger partial charge in [0.05, 0.1) is 17.7 Å². The second-order valence-electron chi connectivity index (χ2n) is 3.47. The fraction of sp³-hybridized carbons (Fsp3) is 0.0833. The number of nitrogens with zero attached hydrogens (tertiary/aromatic N) is 3. The number of rotatable bonds is 3. The maximum absolute atomic E-state index is 8.32. The largest absolute Gasteiger partial charge is 0.351 e. The Balaban J connectivity index is 2.27. The molecule has 0 fully saturated rings. The molecule has 0 saturated heterocycles. The summed E-state index contributed by atoms with van der Waals surface area (Å²) in [7, 11) is 0. The third-order valence-electron chi connectivity index (χ3n) is 2.32. The molecule has 2 rings (SSSR count). The van der Waals surface area contributed by atoms with Crippen LogP contribution in [-0.4, -0.2) is 16.3 Å². The molecule has 0 aliphatic carbocycles. The molecular weight excluding hydrogens is 214 g/mol. The van der Waals surface area contributed by atoms with Crippen molar-refractivity contribution < 1.29 is 0 Å². The van der Waals surface area contributed by atoms with Crippen molar-refractivity contribution in [2.75, 3.05) is 0 Å². The number of aryl methyl sites for hydroxylation is 1. The van der Waals surface area contributed by atoms with Gasteiger partial charge in [-0.2, -0.15) is 5.26 Å². The van der Waals surface area contributed by atoms with Gasteiger partial charge in [0.25, 0.3) is 0 Å². The normalized spacial score (nSPS) is 10.4. The highest BCUT2D eigenvalue weighted by Gasteiger charge is 2.02. The molecule has 0 saturated carbocycles. The molecule has 2 N–H and O–H groups in total. The van der Waals surface area contributed by atoms with Crippen molar-refractivity contribution >= 4 is 12.0 Å². The monoisotopic (exact) mass is 225 g/mol. The molecule has 0 amide bonds. The van der Waals surface area contributed by atoms with Crippen LogP contribution in [0.4, 0.5) is 5.69 Å². The zero-order chi connectivity index (χ0) is 12.1. The Bertz CT molecular complexity index is 563. The van der Waals surface area contributed by atoms with Gasteiger partial charge in [0.2, 0.25) is 0 Å².